The molecule has 0 unspecified atom stereocenters. The Labute approximate surface area is 141 Å². The first-order valence-corrected chi connectivity index (χ1v) is 8.26. The normalized spacial score (nSPS) is 20.6. The van der Waals surface area contributed by atoms with Crippen LogP contribution in [0.2, 0.25) is 0 Å². The van der Waals surface area contributed by atoms with Gasteiger partial charge in [0.25, 0.3) is 0 Å². The number of hydrogen-bond acceptors (Lipinski definition) is 2. The Morgan fingerprint density at radius 1 is 1.17 bits per heavy atom. The lowest BCUT2D eigenvalue weighted by molar-refractivity contribution is -0.136. The van der Waals surface area contributed by atoms with E-state index in [0.29, 0.717) is 6.42 Å². The Hall–Kier alpha value is -2.56. The van der Waals surface area contributed by atoms with E-state index in [4.69, 9.17) is 0 Å². The summed E-state index contributed by atoms with van der Waals surface area (Å²) in [6.45, 7) is 6.64. The predicted octanol–water partition coefficient (Wildman–Crippen LogP) is 2.15. The zero-order valence-electron chi connectivity index (χ0n) is 14.3. The highest BCUT2D eigenvalue weighted by molar-refractivity contribution is 5.97. The molecule has 1 aromatic carbocycles. The Bertz CT molecular complexity index is 815. The highest BCUT2D eigenvalue weighted by Gasteiger charge is 2.31. The van der Waals surface area contributed by atoms with Gasteiger partial charge in [0, 0.05) is 30.1 Å². The summed E-state index contributed by atoms with van der Waals surface area (Å²) in [5, 5.41) is 6.67. The number of amides is 2. The lowest BCUT2D eigenvalue weighted by Gasteiger charge is -2.27. The van der Waals surface area contributed by atoms with Crippen molar-refractivity contribution in [2.24, 2.45) is 0 Å². The fourth-order valence-electron chi connectivity index (χ4n) is 3.02. The van der Waals surface area contributed by atoms with Crippen LogP contribution in [-0.2, 0) is 22.6 Å². The van der Waals surface area contributed by atoms with Gasteiger partial charge in [-0.15, -0.1) is 0 Å². The van der Waals surface area contributed by atoms with Crippen molar-refractivity contribution in [3.8, 4) is 0 Å². The van der Waals surface area contributed by atoms with Gasteiger partial charge in [0.2, 0.25) is 11.8 Å². The first kappa shape index (κ1) is 16.3. The van der Waals surface area contributed by atoms with Gasteiger partial charge in [-0.1, -0.05) is 29.8 Å². The second-order valence-corrected chi connectivity index (χ2v) is 6.60. The van der Waals surface area contributed by atoms with Gasteiger partial charge in [-0.25, -0.2) is 0 Å². The van der Waals surface area contributed by atoms with Crippen molar-refractivity contribution in [1.29, 1.82) is 0 Å². The maximum atomic E-state index is 12.2. The number of allylic oxidation sites excluding steroid dienone is 2. The fourth-order valence-corrected chi connectivity index (χ4v) is 3.02. The van der Waals surface area contributed by atoms with E-state index in [0.717, 1.165) is 23.0 Å². The number of rotatable bonds is 4. The van der Waals surface area contributed by atoms with Crippen LogP contribution in [0.1, 0.15) is 26.3 Å². The summed E-state index contributed by atoms with van der Waals surface area (Å²) in [6, 6.07) is 7.18. The van der Waals surface area contributed by atoms with Gasteiger partial charge in [-0.3, -0.25) is 9.59 Å². The summed E-state index contributed by atoms with van der Waals surface area (Å²) in [7, 11) is 0. The molecule has 0 bridgehead atoms. The Morgan fingerprint density at radius 2 is 1.92 bits per heavy atom. The van der Waals surface area contributed by atoms with E-state index in [1.54, 1.807) is 6.92 Å². The number of carbonyl (C=O) groups excluding carboxylic acids is 2. The summed E-state index contributed by atoms with van der Waals surface area (Å²) in [6.07, 6.45) is 4.75. The van der Waals surface area contributed by atoms with Crippen LogP contribution >= 0.6 is 0 Å². The zero-order valence-corrected chi connectivity index (χ0v) is 14.3. The number of carbonyl (C=O) groups is 2. The van der Waals surface area contributed by atoms with Crippen LogP contribution < -0.4 is 10.6 Å². The topological polar surface area (TPSA) is 63.1 Å². The van der Waals surface area contributed by atoms with Gasteiger partial charge < -0.3 is 15.2 Å². The summed E-state index contributed by atoms with van der Waals surface area (Å²) < 4.78 is 2.18. The van der Waals surface area contributed by atoms with Crippen LogP contribution in [0.15, 0.2) is 42.1 Å². The molecule has 5 heteroatoms. The molecule has 0 spiro atoms. The van der Waals surface area contributed by atoms with Gasteiger partial charge in [0.05, 0.1) is 0 Å². The van der Waals surface area contributed by atoms with Crippen molar-refractivity contribution >= 4 is 22.7 Å². The lowest BCUT2D eigenvalue weighted by Crippen LogP contribution is -2.61. The number of benzene rings is 1. The average molecular weight is 325 g/mol. The van der Waals surface area contributed by atoms with Crippen LogP contribution in [-0.4, -0.2) is 28.5 Å². The molecular formula is C19H23N3O2. The van der Waals surface area contributed by atoms with Crippen molar-refractivity contribution in [2.45, 2.75) is 45.8 Å². The molecule has 0 radical (unpaired) electrons. The van der Waals surface area contributed by atoms with Crippen molar-refractivity contribution < 1.29 is 9.59 Å². The molecule has 1 fully saturated rings. The number of hydrogen-bond donors (Lipinski definition) is 2. The molecule has 126 valence electrons. The molecule has 2 aromatic rings. The van der Waals surface area contributed by atoms with Crippen LogP contribution in [0.5, 0.6) is 0 Å². The number of nitrogens with one attached hydrogen (secondary N) is 2. The predicted molar refractivity (Wildman–Crippen MR) is 94.6 cm³/mol. The molecule has 0 saturated carbocycles. The van der Waals surface area contributed by atoms with Crippen LogP contribution in [0.3, 0.4) is 0 Å². The third-order valence-electron chi connectivity index (χ3n) is 4.38. The van der Waals surface area contributed by atoms with Crippen molar-refractivity contribution in [3.63, 3.8) is 0 Å². The highest BCUT2D eigenvalue weighted by Crippen LogP contribution is 2.23. The molecule has 5 nitrogen and oxygen atoms in total. The second-order valence-electron chi connectivity index (χ2n) is 6.60. The maximum absolute atomic E-state index is 12.2. The van der Waals surface area contributed by atoms with Gasteiger partial charge in [0.1, 0.15) is 12.1 Å². The number of fused-ring (bicyclic) bond motifs is 1. The lowest BCUT2D eigenvalue weighted by atomic mass is 10.0. The van der Waals surface area contributed by atoms with Crippen LogP contribution in [0.4, 0.5) is 0 Å². The van der Waals surface area contributed by atoms with Crippen molar-refractivity contribution in [1.82, 2.24) is 15.2 Å². The summed E-state index contributed by atoms with van der Waals surface area (Å²) in [5.74, 6) is -0.254. The van der Waals surface area contributed by atoms with E-state index in [1.807, 2.05) is 12.1 Å². The Morgan fingerprint density at radius 3 is 2.67 bits per heavy atom. The van der Waals surface area contributed by atoms with Gasteiger partial charge in [-0.2, -0.15) is 0 Å². The molecule has 2 atom stereocenters. The first-order valence-electron chi connectivity index (χ1n) is 8.26. The van der Waals surface area contributed by atoms with Gasteiger partial charge in [-0.05, 0) is 32.4 Å². The second kappa shape index (κ2) is 6.51. The van der Waals surface area contributed by atoms with E-state index in [2.05, 4.69) is 53.5 Å². The summed E-state index contributed by atoms with van der Waals surface area (Å²) in [4.78, 5) is 24.0. The number of para-hydroxylation sites is 1. The molecular weight excluding hydrogens is 302 g/mol. The molecule has 2 heterocycles. The van der Waals surface area contributed by atoms with E-state index >= 15 is 0 Å². The molecule has 2 amide bonds. The largest absolute Gasteiger partial charge is 0.343 e. The minimum atomic E-state index is -0.517. The summed E-state index contributed by atoms with van der Waals surface area (Å²) in [5.41, 5.74) is 3.48. The first-order chi connectivity index (χ1) is 11.5. The molecule has 1 aliphatic rings. The zero-order chi connectivity index (χ0) is 17.3. The van der Waals surface area contributed by atoms with E-state index in [1.165, 1.54) is 5.57 Å². The molecule has 3 rings (SSSR count). The number of nitrogens with zero attached hydrogens (tertiary/aromatic N) is 1. The quantitative estimate of drug-likeness (QED) is 0.846. The molecule has 2 N–H and O–H groups in total. The van der Waals surface area contributed by atoms with E-state index in [9.17, 15) is 9.59 Å². The Kier molecular flexibility index (Phi) is 4.42. The van der Waals surface area contributed by atoms with Crippen molar-refractivity contribution in [2.75, 3.05) is 0 Å². The molecule has 1 saturated heterocycles. The van der Waals surface area contributed by atoms with E-state index in [-0.39, 0.29) is 11.8 Å². The Balaban J connectivity index is 1.91. The average Bonchev–Trinajstić information content (AvgIpc) is 2.89. The van der Waals surface area contributed by atoms with Crippen LogP contribution in [0.25, 0.3) is 10.9 Å². The third-order valence-corrected chi connectivity index (χ3v) is 4.38. The monoisotopic (exact) mass is 325 g/mol. The maximum Gasteiger partial charge on any atom is 0.243 e. The SMILES string of the molecule is CC(C)=CCn1cc(C[C@@H]2NC(=O)[C@H](C)NC2=O)c2ccccc21. The van der Waals surface area contributed by atoms with Gasteiger partial charge in [0.15, 0.2) is 0 Å². The van der Waals surface area contributed by atoms with Crippen LogP contribution in [0, 0.1) is 0 Å². The molecule has 1 aromatic heterocycles. The molecule has 1 aliphatic heterocycles. The summed E-state index contributed by atoms with van der Waals surface area (Å²) >= 11 is 0. The number of aromatic nitrogens is 1. The standard InChI is InChI=1S/C19H23N3O2/c1-12(2)8-9-22-11-14(15-6-4-5-7-17(15)22)10-16-19(24)20-13(3)18(23)21-16/h4-8,11,13,16H,9-10H2,1-3H3,(H,20,24)(H,21,23)/t13-,16-/m0/s1. The van der Waals surface area contributed by atoms with Gasteiger partial charge >= 0.3 is 0 Å². The van der Waals surface area contributed by atoms with Crippen molar-refractivity contribution in [3.05, 3.63) is 47.7 Å². The smallest absolute Gasteiger partial charge is 0.243 e. The highest BCUT2D eigenvalue weighted by atomic mass is 16.2. The third kappa shape index (κ3) is 3.20. The molecule has 0 aliphatic carbocycles. The fraction of sp³-hybridized carbons (Fsp3) is 0.368. The van der Waals surface area contributed by atoms with E-state index < -0.39 is 12.1 Å². The molecule has 24 heavy (non-hydrogen) atoms. The minimum Gasteiger partial charge on any atom is -0.343 e. The minimum absolute atomic E-state index is 0.122. The number of piperazine rings is 1.